The van der Waals surface area contributed by atoms with E-state index in [1.54, 1.807) is 15.9 Å². The fourth-order valence-electron chi connectivity index (χ4n) is 3.94. The number of ether oxygens (including phenoxy) is 2. The van der Waals surface area contributed by atoms with Crippen molar-refractivity contribution in [3.8, 4) is 17.2 Å². The number of aromatic nitrogens is 1. The summed E-state index contributed by atoms with van der Waals surface area (Å²) in [5, 5.41) is 0. The number of piperazine rings is 1. The molecule has 3 heterocycles. The SMILES string of the molecule is O=C(c1ccc(-n2cccc2)cc1)N1CCN(C(=O)[C@@H]2COc3ccccc3O2)CC1. The van der Waals surface area contributed by atoms with Crippen molar-refractivity contribution in [2.45, 2.75) is 6.10 Å². The number of rotatable bonds is 3. The van der Waals surface area contributed by atoms with E-state index >= 15 is 0 Å². The van der Waals surface area contributed by atoms with Crippen molar-refractivity contribution in [3.63, 3.8) is 0 Å². The summed E-state index contributed by atoms with van der Waals surface area (Å²) in [7, 11) is 0. The minimum absolute atomic E-state index is 0.0164. The number of nitrogens with zero attached hydrogens (tertiary/aromatic N) is 3. The molecule has 31 heavy (non-hydrogen) atoms. The van der Waals surface area contributed by atoms with Gasteiger partial charge in [0.25, 0.3) is 11.8 Å². The van der Waals surface area contributed by atoms with Gasteiger partial charge in [0.05, 0.1) is 0 Å². The van der Waals surface area contributed by atoms with Crippen LogP contribution in [0.25, 0.3) is 5.69 Å². The summed E-state index contributed by atoms with van der Waals surface area (Å²) < 4.78 is 13.5. The molecule has 0 unspecified atom stereocenters. The number of carbonyl (C=O) groups is 2. The summed E-state index contributed by atoms with van der Waals surface area (Å²) in [4.78, 5) is 29.3. The second-order valence-corrected chi connectivity index (χ2v) is 7.62. The van der Waals surface area contributed by atoms with Crippen molar-refractivity contribution in [1.29, 1.82) is 0 Å². The molecular formula is C24H23N3O4. The van der Waals surface area contributed by atoms with Gasteiger partial charge in [-0.1, -0.05) is 12.1 Å². The van der Waals surface area contributed by atoms with Gasteiger partial charge in [0.2, 0.25) is 6.10 Å². The Bertz CT molecular complexity index is 1070. The van der Waals surface area contributed by atoms with E-state index in [0.29, 0.717) is 43.2 Å². The Morgan fingerprint density at radius 2 is 1.42 bits per heavy atom. The molecule has 0 saturated carbocycles. The van der Waals surface area contributed by atoms with Gasteiger partial charge in [-0.05, 0) is 48.5 Å². The second-order valence-electron chi connectivity index (χ2n) is 7.62. The number of para-hydroxylation sites is 2. The van der Waals surface area contributed by atoms with Gasteiger partial charge in [0, 0.05) is 49.8 Å². The third-order valence-electron chi connectivity index (χ3n) is 5.68. The molecule has 0 aliphatic carbocycles. The van der Waals surface area contributed by atoms with Crippen LogP contribution in [0.1, 0.15) is 10.4 Å². The summed E-state index contributed by atoms with van der Waals surface area (Å²) in [6.45, 7) is 2.14. The number of benzene rings is 2. The van der Waals surface area contributed by atoms with Crippen LogP contribution in [0.4, 0.5) is 0 Å². The monoisotopic (exact) mass is 417 g/mol. The van der Waals surface area contributed by atoms with E-state index in [4.69, 9.17) is 9.47 Å². The summed E-state index contributed by atoms with van der Waals surface area (Å²) in [6.07, 6.45) is 3.28. The summed E-state index contributed by atoms with van der Waals surface area (Å²) in [5.74, 6) is 1.13. The Hall–Kier alpha value is -3.74. The van der Waals surface area contributed by atoms with Gasteiger partial charge in [-0.25, -0.2) is 0 Å². The summed E-state index contributed by atoms with van der Waals surface area (Å²) in [6, 6.07) is 18.8. The van der Waals surface area contributed by atoms with Crippen molar-refractivity contribution >= 4 is 11.8 Å². The maximum atomic E-state index is 12.9. The first-order valence-corrected chi connectivity index (χ1v) is 10.4. The van der Waals surface area contributed by atoms with E-state index in [1.165, 1.54) is 0 Å². The minimum Gasteiger partial charge on any atom is -0.485 e. The van der Waals surface area contributed by atoms with Crippen molar-refractivity contribution in [1.82, 2.24) is 14.4 Å². The van der Waals surface area contributed by atoms with Gasteiger partial charge in [0.15, 0.2) is 11.5 Å². The molecule has 1 atom stereocenters. The average molecular weight is 417 g/mol. The van der Waals surface area contributed by atoms with Gasteiger partial charge in [-0.15, -0.1) is 0 Å². The van der Waals surface area contributed by atoms with Crippen molar-refractivity contribution < 1.29 is 19.1 Å². The molecule has 1 fully saturated rings. The average Bonchev–Trinajstić information content (AvgIpc) is 3.38. The molecule has 2 aromatic carbocycles. The van der Waals surface area contributed by atoms with Crippen LogP contribution in [0, 0.1) is 0 Å². The zero-order chi connectivity index (χ0) is 21.2. The van der Waals surface area contributed by atoms with Crippen LogP contribution in [-0.4, -0.2) is 65.1 Å². The van der Waals surface area contributed by atoms with Crippen molar-refractivity contribution in [3.05, 3.63) is 78.6 Å². The molecule has 1 saturated heterocycles. The van der Waals surface area contributed by atoms with E-state index in [0.717, 1.165) is 5.69 Å². The predicted molar refractivity (Wildman–Crippen MR) is 115 cm³/mol. The van der Waals surface area contributed by atoms with Gasteiger partial charge < -0.3 is 23.8 Å². The van der Waals surface area contributed by atoms with E-state index in [2.05, 4.69) is 0 Å². The highest BCUT2D eigenvalue weighted by atomic mass is 16.6. The van der Waals surface area contributed by atoms with Crippen LogP contribution in [0.15, 0.2) is 73.1 Å². The van der Waals surface area contributed by atoms with Crippen molar-refractivity contribution in [2.75, 3.05) is 32.8 Å². The first-order chi connectivity index (χ1) is 15.2. The Morgan fingerprint density at radius 3 is 2.13 bits per heavy atom. The van der Waals surface area contributed by atoms with Gasteiger partial charge >= 0.3 is 0 Å². The number of amides is 2. The van der Waals surface area contributed by atoms with Gasteiger partial charge in [0.1, 0.15) is 6.61 Å². The number of carbonyl (C=O) groups excluding carboxylic acids is 2. The highest BCUT2D eigenvalue weighted by Gasteiger charge is 2.33. The lowest BCUT2D eigenvalue weighted by molar-refractivity contribution is -0.142. The molecule has 7 heteroatoms. The van der Waals surface area contributed by atoms with Crippen LogP contribution in [0.3, 0.4) is 0 Å². The lowest BCUT2D eigenvalue weighted by Crippen LogP contribution is -2.55. The Labute approximate surface area is 180 Å². The minimum atomic E-state index is -0.654. The van der Waals surface area contributed by atoms with Crippen molar-refractivity contribution in [2.24, 2.45) is 0 Å². The van der Waals surface area contributed by atoms with Crippen LogP contribution in [0.5, 0.6) is 11.5 Å². The van der Waals surface area contributed by atoms with Crippen LogP contribution >= 0.6 is 0 Å². The van der Waals surface area contributed by atoms with E-state index in [9.17, 15) is 9.59 Å². The van der Waals surface area contributed by atoms with E-state index in [-0.39, 0.29) is 18.4 Å². The fraction of sp³-hybridized carbons (Fsp3) is 0.250. The quantitative estimate of drug-likeness (QED) is 0.657. The zero-order valence-electron chi connectivity index (χ0n) is 17.0. The molecule has 7 nitrogen and oxygen atoms in total. The molecule has 5 rings (SSSR count). The highest BCUT2D eigenvalue weighted by Crippen LogP contribution is 2.31. The van der Waals surface area contributed by atoms with Crippen LogP contribution in [-0.2, 0) is 4.79 Å². The van der Waals surface area contributed by atoms with Gasteiger partial charge in [-0.2, -0.15) is 0 Å². The molecule has 2 aliphatic heterocycles. The smallest absolute Gasteiger partial charge is 0.267 e. The Morgan fingerprint density at radius 1 is 0.774 bits per heavy atom. The lowest BCUT2D eigenvalue weighted by atomic mass is 10.1. The number of fused-ring (bicyclic) bond motifs is 1. The molecule has 1 aromatic heterocycles. The maximum absolute atomic E-state index is 12.9. The molecule has 2 aliphatic rings. The molecular weight excluding hydrogens is 394 g/mol. The fourth-order valence-corrected chi connectivity index (χ4v) is 3.94. The number of hydrogen-bond acceptors (Lipinski definition) is 4. The Balaban J connectivity index is 1.17. The highest BCUT2D eigenvalue weighted by molar-refractivity contribution is 5.94. The topological polar surface area (TPSA) is 64.0 Å². The first-order valence-electron chi connectivity index (χ1n) is 10.4. The van der Waals surface area contributed by atoms with Crippen LogP contribution < -0.4 is 9.47 Å². The molecule has 0 N–H and O–H groups in total. The summed E-state index contributed by atoms with van der Waals surface area (Å²) >= 11 is 0. The standard InChI is InChI=1S/C24H23N3O4/c28-23(18-7-9-19(10-8-18)25-11-3-4-12-25)26-13-15-27(16-14-26)24(29)22-17-30-20-5-1-2-6-21(20)31-22/h1-12,22H,13-17H2/t22-/m0/s1. The third kappa shape index (κ3) is 3.86. The third-order valence-corrected chi connectivity index (χ3v) is 5.68. The molecule has 158 valence electrons. The van der Waals surface area contributed by atoms with Crippen LogP contribution in [0.2, 0.25) is 0 Å². The number of hydrogen-bond donors (Lipinski definition) is 0. The molecule has 0 radical (unpaired) electrons. The summed E-state index contributed by atoms with van der Waals surface area (Å²) in [5.41, 5.74) is 1.66. The molecule has 2 amide bonds. The second kappa shape index (κ2) is 8.18. The Kier molecular flexibility index (Phi) is 5.08. The normalized spacial score (nSPS) is 18.0. The molecule has 0 spiro atoms. The largest absolute Gasteiger partial charge is 0.485 e. The zero-order valence-corrected chi connectivity index (χ0v) is 17.0. The lowest BCUT2D eigenvalue weighted by Gasteiger charge is -2.37. The van der Waals surface area contributed by atoms with E-state index < -0.39 is 6.10 Å². The molecule has 3 aromatic rings. The van der Waals surface area contributed by atoms with E-state index in [1.807, 2.05) is 71.6 Å². The maximum Gasteiger partial charge on any atom is 0.267 e. The van der Waals surface area contributed by atoms with Gasteiger partial charge in [-0.3, -0.25) is 9.59 Å². The predicted octanol–water partition coefficient (Wildman–Crippen LogP) is 2.60. The molecule has 0 bridgehead atoms. The first kappa shape index (κ1) is 19.2.